The molecule has 1 aliphatic rings. The molecule has 0 bridgehead atoms. The number of carbonyl (C=O) groups excluding carboxylic acids is 1. The van der Waals surface area contributed by atoms with Crippen LogP contribution in [0.2, 0.25) is 0 Å². The molecule has 0 spiro atoms. The highest BCUT2D eigenvalue weighted by Gasteiger charge is 2.65. The predicted octanol–water partition coefficient (Wildman–Crippen LogP) is -5.20. The van der Waals surface area contributed by atoms with E-state index in [1.807, 2.05) is 0 Å². The van der Waals surface area contributed by atoms with E-state index in [0.29, 0.717) is 0 Å². The van der Waals surface area contributed by atoms with Gasteiger partial charge in [-0.2, -0.15) is 16.8 Å². The number of aliphatic hydroxyl groups is 4. The highest BCUT2D eigenvalue weighted by atomic mass is 32.3. The third kappa shape index (κ3) is 3.37. The molecule has 1 saturated heterocycles. The second kappa shape index (κ2) is 5.47. The monoisotopic (exact) mass is 353 g/mol. The average molecular weight is 353 g/mol. The van der Waals surface area contributed by atoms with Crippen LogP contribution in [0.15, 0.2) is 0 Å². The van der Waals surface area contributed by atoms with E-state index in [2.05, 4.69) is 12.0 Å². The van der Waals surface area contributed by atoms with Gasteiger partial charge in [-0.15, -0.1) is 3.63 Å². The fourth-order valence-electron chi connectivity index (χ4n) is 1.32. The van der Waals surface area contributed by atoms with E-state index in [1.165, 1.54) is 0 Å². The van der Waals surface area contributed by atoms with Crippen LogP contribution >= 0.6 is 0 Å². The minimum absolute atomic E-state index is 0.609. The fourth-order valence-corrected chi connectivity index (χ4v) is 3.40. The second-order valence-electron chi connectivity index (χ2n) is 3.85. The van der Waals surface area contributed by atoms with Crippen LogP contribution in [0.1, 0.15) is 0 Å². The molecule has 124 valence electrons. The summed E-state index contributed by atoms with van der Waals surface area (Å²) in [6, 6.07) is 0. The van der Waals surface area contributed by atoms with Gasteiger partial charge in [0.25, 0.3) is 11.5 Å². The molecule has 15 heteroatoms. The summed E-state index contributed by atoms with van der Waals surface area (Å²) < 4.78 is 55.9. The van der Waals surface area contributed by atoms with Crippen LogP contribution in [-0.4, -0.2) is 73.9 Å². The lowest BCUT2D eigenvalue weighted by Crippen LogP contribution is -2.72. The van der Waals surface area contributed by atoms with Gasteiger partial charge in [-0.25, -0.2) is 8.37 Å². The summed E-state index contributed by atoms with van der Waals surface area (Å²) in [4.78, 5) is 10.9. The Kier molecular flexibility index (Phi) is 4.76. The Morgan fingerprint density at radius 1 is 1.14 bits per heavy atom. The van der Waals surface area contributed by atoms with Gasteiger partial charge in [0.15, 0.2) is 6.29 Å². The molecule has 1 aliphatic heterocycles. The highest BCUT2D eigenvalue weighted by Crippen LogP contribution is 2.34. The van der Waals surface area contributed by atoms with Crippen LogP contribution in [-0.2, 0) is 37.6 Å². The molecule has 1 fully saturated rings. The summed E-state index contributed by atoms with van der Waals surface area (Å²) in [6.07, 6.45) is -5.66. The topological polar surface area (TPSA) is 220 Å². The lowest BCUT2D eigenvalue weighted by atomic mass is 9.95. The van der Waals surface area contributed by atoms with Gasteiger partial charge in [0, 0.05) is 0 Å². The van der Waals surface area contributed by atoms with Crippen molar-refractivity contribution >= 4 is 27.1 Å². The Balaban J connectivity index is 3.54. The third-order valence-corrected chi connectivity index (χ3v) is 4.59. The van der Waals surface area contributed by atoms with Gasteiger partial charge >= 0.3 is 20.8 Å². The van der Waals surface area contributed by atoms with E-state index >= 15 is 0 Å². The van der Waals surface area contributed by atoms with E-state index in [1.54, 1.807) is 0 Å². The smallest absolute Gasteiger partial charge is 0.394 e. The molecule has 0 aromatic heterocycles. The SMILES string of the molecule is N[C@@]1(C=O)OS(=O)(=O)OS(=O)(=O)O[C@]1(O)[C@H](O)C(O)CO. The largest absolute Gasteiger partial charge is 0.419 e. The number of nitrogens with two attached hydrogens (primary N) is 1. The summed E-state index contributed by atoms with van der Waals surface area (Å²) in [5.74, 6) is -3.82. The summed E-state index contributed by atoms with van der Waals surface area (Å²) in [7, 11) is -11.0. The Bertz CT molecular complexity index is 614. The van der Waals surface area contributed by atoms with Crippen molar-refractivity contribution in [2.45, 2.75) is 23.7 Å². The van der Waals surface area contributed by atoms with Crippen molar-refractivity contribution in [3.8, 4) is 0 Å². The first-order chi connectivity index (χ1) is 9.32. The van der Waals surface area contributed by atoms with Crippen molar-refractivity contribution in [2.24, 2.45) is 5.73 Å². The van der Waals surface area contributed by atoms with Gasteiger partial charge < -0.3 is 20.4 Å². The molecule has 0 saturated carbocycles. The molecule has 0 aromatic carbocycles. The second-order valence-corrected chi connectivity index (χ2v) is 6.36. The Labute approximate surface area is 118 Å². The molecule has 1 heterocycles. The first kappa shape index (κ1) is 18.3. The maximum absolute atomic E-state index is 11.2. The lowest BCUT2D eigenvalue weighted by molar-refractivity contribution is -0.290. The predicted molar refractivity (Wildman–Crippen MR) is 58.1 cm³/mol. The molecule has 0 aliphatic carbocycles. The highest BCUT2D eigenvalue weighted by molar-refractivity contribution is 7.95. The zero-order chi connectivity index (χ0) is 16.7. The standard InChI is InChI=1S/C6H11NO12S2/c7-5(2-9)6(12,4(11)3(10)1-8)18-21(15,16)19-20(13,14)17-5/h2-4,8,10-12H,1,7H2/t3?,4-,5+,6-/m1/s1. The number of hydrogen-bond donors (Lipinski definition) is 5. The summed E-state index contributed by atoms with van der Waals surface area (Å²) in [5.41, 5.74) is 1.58. The molecule has 1 rings (SSSR count). The molecular weight excluding hydrogens is 342 g/mol. The van der Waals surface area contributed by atoms with E-state index in [4.69, 9.17) is 10.8 Å². The average Bonchev–Trinajstić information content (AvgIpc) is 2.38. The van der Waals surface area contributed by atoms with Gasteiger partial charge in [0.2, 0.25) is 0 Å². The van der Waals surface area contributed by atoms with Crippen molar-refractivity contribution in [1.82, 2.24) is 0 Å². The Hall–Kier alpha value is -0.750. The van der Waals surface area contributed by atoms with Crippen LogP contribution < -0.4 is 5.73 Å². The molecular formula is C6H11NO12S2. The molecule has 0 aromatic rings. The van der Waals surface area contributed by atoms with Crippen molar-refractivity contribution in [3.05, 3.63) is 0 Å². The van der Waals surface area contributed by atoms with Crippen LogP contribution in [0, 0.1) is 0 Å². The Morgan fingerprint density at radius 3 is 2.05 bits per heavy atom. The number of hydrogen-bond acceptors (Lipinski definition) is 13. The first-order valence-electron chi connectivity index (χ1n) is 4.89. The minimum atomic E-state index is -5.56. The quantitative estimate of drug-likeness (QED) is 0.298. The maximum atomic E-state index is 11.2. The van der Waals surface area contributed by atoms with E-state index in [0.717, 1.165) is 0 Å². The third-order valence-electron chi connectivity index (χ3n) is 2.32. The summed E-state index contributed by atoms with van der Waals surface area (Å²) in [5, 5.41) is 37.4. The van der Waals surface area contributed by atoms with Crippen LogP contribution in [0.25, 0.3) is 0 Å². The van der Waals surface area contributed by atoms with Crippen LogP contribution in [0.3, 0.4) is 0 Å². The van der Waals surface area contributed by atoms with Crippen LogP contribution in [0.4, 0.5) is 0 Å². The number of carbonyl (C=O) groups is 1. The van der Waals surface area contributed by atoms with Crippen molar-refractivity contribution in [1.29, 1.82) is 0 Å². The zero-order valence-corrected chi connectivity index (χ0v) is 11.5. The molecule has 13 nitrogen and oxygen atoms in total. The minimum Gasteiger partial charge on any atom is -0.394 e. The lowest BCUT2D eigenvalue weighted by Gasteiger charge is -2.39. The molecule has 0 radical (unpaired) electrons. The van der Waals surface area contributed by atoms with Gasteiger partial charge in [-0.1, -0.05) is 0 Å². The van der Waals surface area contributed by atoms with Gasteiger partial charge in [-0.05, 0) is 0 Å². The fraction of sp³-hybridized carbons (Fsp3) is 0.833. The number of rotatable bonds is 4. The van der Waals surface area contributed by atoms with Crippen molar-refractivity contribution in [3.63, 3.8) is 0 Å². The van der Waals surface area contributed by atoms with Gasteiger partial charge in [-0.3, -0.25) is 10.5 Å². The molecule has 4 atom stereocenters. The summed E-state index contributed by atoms with van der Waals surface area (Å²) >= 11 is 0. The van der Waals surface area contributed by atoms with Crippen LogP contribution in [0.5, 0.6) is 0 Å². The summed E-state index contributed by atoms with van der Waals surface area (Å²) in [6.45, 7) is -1.24. The first-order valence-corrected chi connectivity index (χ1v) is 7.56. The maximum Gasteiger partial charge on any atom is 0.419 e. The molecule has 6 N–H and O–H groups in total. The van der Waals surface area contributed by atoms with Gasteiger partial charge in [0.1, 0.15) is 12.2 Å². The Morgan fingerprint density at radius 2 is 1.62 bits per heavy atom. The van der Waals surface area contributed by atoms with E-state index in [9.17, 15) is 36.9 Å². The normalized spacial score (nSPS) is 38.1. The van der Waals surface area contributed by atoms with E-state index < -0.39 is 57.4 Å². The molecule has 0 amide bonds. The zero-order valence-electron chi connectivity index (χ0n) is 9.89. The van der Waals surface area contributed by atoms with Gasteiger partial charge in [0.05, 0.1) is 6.61 Å². The molecule has 1 unspecified atom stereocenters. The van der Waals surface area contributed by atoms with Crippen molar-refractivity contribution in [2.75, 3.05) is 6.61 Å². The van der Waals surface area contributed by atoms with E-state index in [-0.39, 0.29) is 0 Å². The van der Waals surface area contributed by atoms with Crippen molar-refractivity contribution < 1.29 is 54.1 Å². The molecule has 21 heavy (non-hydrogen) atoms. The number of aldehydes is 1. The number of aliphatic hydroxyl groups excluding tert-OH is 3.